The van der Waals surface area contributed by atoms with Crippen LogP contribution in [0, 0.1) is 0 Å². The molecule has 1 aliphatic rings. The van der Waals surface area contributed by atoms with Crippen LogP contribution in [-0.2, 0) is 21.4 Å². The number of rotatable bonds is 4. The van der Waals surface area contributed by atoms with Crippen molar-refractivity contribution in [2.75, 3.05) is 0 Å². The molecular formula is C21H25N3O4. The molecule has 7 nitrogen and oxygen atoms in total. The Kier molecular flexibility index (Phi) is 6.89. The molecule has 7 heteroatoms. The number of hydrogen-bond acceptors (Lipinski definition) is 5. The minimum Gasteiger partial charge on any atom is -0.508 e. The lowest BCUT2D eigenvalue weighted by Gasteiger charge is -2.33. The quantitative estimate of drug-likeness (QED) is 0.602. The molecule has 0 radical (unpaired) electrons. The molecule has 1 aliphatic heterocycles. The van der Waals surface area contributed by atoms with Crippen LogP contribution in [-0.4, -0.2) is 29.0 Å². The van der Waals surface area contributed by atoms with Gasteiger partial charge < -0.3 is 10.8 Å². The zero-order valence-electron chi connectivity index (χ0n) is 15.9. The van der Waals surface area contributed by atoms with Crippen molar-refractivity contribution in [1.29, 1.82) is 0 Å². The van der Waals surface area contributed by atoms with E-state index in [0.29, 0.717) is 17.7 Å². The first-order valence-electron chi connectivity index (χ1n) is 9.05. The summed E-state index contributed by atoms with van der Waals surface area (Å²) in [6.07, 6.45) is 1.16. The first-order valence-corrected chi connectivity index (χ1v) is 9.05. The zero-order valence-corrected chi connectivity index (χ0v) is 15.9. The van der Waals surface area contributed by atoms with Gasteiger partial charge in [-0.15, -0.1) is 0 Å². The first-order chi connectivity index (χ1) is 13.3. The summed E-state index contributed by atoms with van der Waals surface area (Å²) in [5.41, 5.74) is 6.04. The van der Waals surface area contributed by atoms with Crippen molar-refractivity contribution in [2.45, 2.75) is 38.1 Å². The number of urea groups is 1. The molecule has 0 aliphatic carbocycles. The van der Waals surface area contributed by atoms with Gasteiger partial charge in [-0.05, 0) is 43.0 Å². The summed E-state index contributed by atoms with van der Waals surface area (Å²) >= 11 is 0. The van der Waals surface area contributed by atoms with Crippen molar-refractivity contribution in [1.82, 2.24) is 10.6 Å². The summed E-state index contributed by atoms with van der Waals surface area (Å²) in [5.74, 6) is -0.835. The highest BCUT2D eigenvalue weighted by Crippen LogP contribution is 2.30. The SMILES string of the molecule is CC(N)Cc1ccc(O)cc1.CCC1(c2ccccc2)C(=O)NC(=O)NC1=O. The minimum atomic E-state index is -1.31. The maximum Gasteiger partial charge on any atom is 0.328 e. The number of phenolic OH excluding ortho intramolecular Hbond substituents is 1. The van der Waals surface area contributed by atoms with Gasteiger partial charge in [0.15, 0.2) is 5.41 Å². The Balaban J connectivity index is 0.000000221. The van der Waals surface area contributed by atoms with Crippen LogP contribution >= 0.6 is 0 Å². The molecule has 0 bridgehead atoms. The van der Waals surface area contributed by atoms with Crippen molar-refractivity contribution >= 4 is 17.8 Å². The Labute approximate surface area is 163 Å². The van der Waals surface area contributed by atoms with E-state index in [2.05, 4.69) is 10.6 Å². The van der Waals surface area contributed by atoms with Crippen LogP contribution in [0.2, 0.25) is 0 Å². The second-order valence-corrected chi connectivity index (χ2v) is 6.71. The highest BCUT2D eigenvalue weighted by molar-refractivity contribution is 6.22. The third-order valence-corrected chi connectivity index (χ3v) is 4.52. The summed E-state index contributed by atoms with van der Waals surface area (Å²) < 4.78 is 0. The van der Waals surface area contributed by atoms with Crippen LogP contribution in [0.3, 0.4) is 0 Å². The molecule has 1 fully saturated rings. The van der Waals surface area contributed by atoms with Crippen LogP contribution in [0.15, 0.2) is 54.6 Å². The lowest BCUT2D eigenvalue weighted by atomic mass is 9.75. The molecule has 1 unspecified atom stereocenters. The van der Waals surface area contributed by atoms with Crippen molar-refractivity contribution in [2.24, 2.45) is 5.73 Å². The lowest BCUT2D eigenvalue weighted by molar-refractivity contribution is -0.138. The summed E-state index contributed by atoms with van der Waals surface area (Å²) in [6, 6.07) is 15.3. The average molecular weight is 383 g/mol. The van der Waals surface area contributed by atoms with E-state index in [-0.39, 0.29) is 6.04 Å². The van der Waals surface area contributed by atoms with E-state index in [1.54, 1.807) is 49.4 Å². The van der Waals surface area contributed by atoms with Gasteiger partial charge in [0, 0.05) is 6.04 Å². The van der Waals surface area contributed by atoms with Crippen LogP contribution < -0.4 is 16.4 Å². The third-order valence-electron chi connectivity index (χ3n) is 4.52. The van der Waals surface area contributed by atoms with Crippen LogP contribution in [0.5, 0.6) is 5.75 Å². The molecule has 2 aromatic rings. The summed E-state index contributed by atoms with van der Waals surface area (Å²) in [7, 11) is 0. The van der Waals surface area contributed by atoms with Crippen LogP contribution in [0.4, 0.5) is 4.79 Å². The number of carbonyl (C=O) groups excluding carboxylic acids is 3. The number of nitrogens with two attached hydrogens (primary N) is 1. The molecule has 1 saturated heterocycles. The Morgan fingerprint density at radius 1 is 0.964 bits per heavy atom. The van der Waals surface area contributed by atoms with E-state index in [0.717, 1.165) is 12.0 Å². The van der Waals surface area contributed by atoms with E-state index in [1.807, 2.05) is 19.1 Å². The summed E-state index contributed by atoms with van der Waals surface area (Å²) in [5, 5.41) is 13.2. The molecule has 3 rings (SSSR count). The van der Waals surface area contributed by atoms with Crippen molar-refractivity contribution in [3.8, 4) is 5.75 Å². The van der Waals surface area contributed by atoms with Gasteiger partial charge in [0.05, 0.1) is 0 Å². The summed E-state index contributed by atoms with van der Waals surface area (Å²) in [6.45, 7) is 3.70. The molecule has 2 aromatic carbocycles. The van der Waals surface area contributed by atoms with E-state index in [1.165, 1.54) is 0 Å². The van der Waals surface area contributed by atoms with Crippen LogP contribution in [0.1, 0.15) is 31.4 Å². The number of phenols is 1. The number of benzene rings is 2. The molecular weight excluding hydrogens is 358 g/mol. The zero-order chi connectivity index (χ0) is 20.7. The second-order valence-electron chi connectivity index (χ2n) is 6.71. The maximum atomic E-state index is 12.0. The number of carbonyl (C=O) groups is 3. The maximum absolute atomic E-state index is 12.0. The fraction of sp³-hybridized carbons (Fsp3) is 0.286. The largest absolute Gasteiger partial charge is 0.508 e. The van der Waals surface area contributed by atoms with Crippen molar-refractivity contribution < 1.29 is 19.5 Å². The molecule has 1 atom stereocenters. The second kappa shape index (κ2) is 9.14. The minimum absolute atomic E-state index is 0.180. The molecule has 0 aromatic heterocycles. The normalized spacial score (nSPS) is 16.3. The van der Waals surface area contributed by atoms with Gasteiger partial charge in [-0.2, -0.15) is 0 Å². The van der Waals surface area contributed by atoms with E-state index >= 15 is 0 Å². The van der Waals surface area contributed by atoms with Gasteiger partial charge in [0.2, 0.25) is 11.8 Å². The van der Waals surface area contributed by atoms with Gasteiger partial charge in [-0.25, -0.2) is 4.79 Å². The first kappa shape index (κ1) is 21.1. The number of nitrogens with one attached hydrogen (secondary N) is 2. The molecule has 5 N–H and O–H groups in total. The molecule has 0 spiro atoms. The standard InChI is InChI=1S/C12H12N2O3.C9H13NO/c1-2-12(8-6-4-3-5-7-8)9(15)13-11(17)14-10(12)16;1-7(10)6-8-2-4-9(11)5-3-8/h3-7H,2H2,1H3,(H2,13,14,15,16,17);2-5,7,11H,6,10H2,1H3. The average Bonchev–Trinajstić information content (AvgIpc) is 2.65. The van der Waals surface area contributed by atoms with Crippen LogP contribution in [0.25, 0.3) is 0 Å². The highest BCUT2D eigenvalue weighted by Gasteiger charge is 2.50. The van der Waals surface area contributed by atoms with Crippen molar-refractivity contribution in [3.63, 3.8) is 0 Å². The number of aromatic hydroxyl groups is 1. The van der Waals surface area contributed by atoms with Gasteiger partial charge in [0.25, 0.3) is 0 Å². The Morgan fingerprint density at radius 3 is 1.96 bits per heavy atom. The molecule has 0 saturated carbocycles. The topological polar surface area (TPSA) is 122 Å². The lowest BCUT2D eigenvalue weighted by Crippen LogP contribution is -2.64. The fourth-order valence-electron chi connectivity index (χ4n) is 3.07. The Morgan fingerprint density at radius 2 is 1.50 bits per heavy atom. The molecule has 28 heavy (non-hydrogen) atoms. The molecule has 4 amide bonds. The van der Waals surface area contributed by atoms with Gasteiger partial charge in [0.1, 0.15) is 5.75 Å². The van der Waals surface area contributed by atoms with Gasteiger partial charge in [-0.3, -0.25) is 20.2 Å². The Hall–Kier alpha value is -3.19. The fourth-order valence-corrected chi connectivity index (χ4v) is 3.07. The van der Waals surface area contributed by atoms with E-state index < -0.39 is 23.3 Å². The third kappa shape index (κ3) is 4.75. The van der Waals surface area contributed by atoms with E-state index in [9.17, 15) is 14.4 Å². The molecule has 1 heterocycles. The number of imide groups is 2. The number of barbiturate groups is 1. The summed E-state index contributed by atoms with van der Waals surface area (Å²) in [4.78, 5) is 35.0. The van der Waals surface area contributed by atoms with Crippen molar-refractivity contribution in [3.05, 3.63) is 65.7 Å². The smallest absolute Gasteiger partial charge is 0.328 e. The molecule has 148 valence electrons. The van der Waals surface area contributed by atoms with Gasteiger partial charge in [-0.1, -0.05) is 49.4 Å². The predicted octanol–water partition coefficient (Wildman–Crippen LogP) is 1.98. The number of amides is 4. The van der Waals surface area contributed by atoms with E-state index in [4.69, 9.17) is 10.8 Å². The monoisotopic (exact) mass is 383 g/mol. The Bertz CT molecular complexity index is 812. The highest BCUT2D eigenvalue weighted by atomic mass is 16.3. The van der Waals surface area contributed by atoms with Gasteiger partial charge >= 0.3 is 6.03 Å². The predicted molar refractivity (Wildman–Crippen MR) is 106 cm³/mol. The number of hydrogen-bond donors (Lipinski definition) is 4.